The van der Waals surface area contributed by atoms with Gasteiger partial charge in [-0.3, -0.25) is 9.69 Å². The lowest BCUT2D eigenvalue weighted by molar-refractivity contribution is -0.127. The Labute approximate surface area is 144 Å². The SMILES string of the molecule is CCc1noc(C(C)N2CCN(CCCN3CCCC3=O)CC2)n1. The second-order valence-corrected chi connectivity index (χ2v) is 6.79. The molecule has 0 bridgehead atoms. The minimum atomic E-state index is 0.183. The van der Waals surface area contributed by atoms with Crippen LogP contribution >= 0.6 is 0 Å². The number of carbonyl (C=O) groups is 1. The van der Waals surface area contributed by atoms with E-state index in [-0.39, 0.29) is 6.04 Å². The molecule has 1 atom stereocenters. The number of aryl methyl sites for hydroxylation is 1. The van der Waals surface area contributed by atoms with Crippen LogP contribution in [0.25, 0.3) is 0 Å². The maximum atomic E-state index is 11.6. The molecule has 0 N–H and O–H groups in total. The summed E-state index contributed by atoms with van der Waals surface area (Å²) < 4.78 is 5.38. The molecular weight excluding hydrogens is 306 g/mol. The van der Waals surface area contributed by atoms with E-state index in [0.717, 1.165) is 83.2 Å². The van der Waals surface area contributed by atoms with Gasteiger partial charge in [-0.2, -0.15) is 4.98 Å². The van der Waals surface area contributed by atoms with Crippen molar-refractivity contribution in [2.75, 3.05) is 45.8 Å². The first kappa shape index (κ1) is 17.4. The fraction of sp³-hybridized carbons (Fsp3) is 0.824. The summed E-state index contributed by atoms with van der Waals surface area (Å²) in [5.41, 5.74) is 0. The third kappa shape index (κ3) is 4.13. The van der Waals surface area contributed by atoms with Crippen LogP contribution in [-0.4, -0.2) is 76.6 Å². The summed E-state index contributed by atoms with van der Waals surface area (Å²) in [6.45, 7) is 11.3. The topological polar surface area (TPSA) is 65.7 Å². The first-order valence-electron chi connectivity index (χ1n) is 9.24. The summed E-state index contributed by atoms with van der Waals surface area (Å²) in [6, 6.07) is 0.183. The van der Waals surface area contributed by atoms with Gasteiger partial charge in [-0.1, -0.05) is 12.1 Å². The summed E-state index contributed by atoms with van der Waals surface area (Å²) >= 11 is 0. The molecule has 0 aliphatic carbocycles. The molecule has 2 aliphatic heterocycles. The van der Waals surface area contributed by atoms with E-state index in [1.54, 1.807) is 0 Å². The van der Waals surface area contributed by atoms with E-state index in [4.69, 9.17) is 4.52 Å². The molecule has 0 saturated carbocycles. The summed E-state index contributed by atoms with van der Waals surface area (Å²) in [7, 11) is 0. The van der Waals surface area contributed by atoms with Crippen LogP contribution in [0.3, 0.4) is 0 Å². The molecule has 3 rings (SSSR count). The minimum Gasteiger partial charge on any atom is -0.343 e. The van der Waals surface area contributed by atoms with Crippen LogP contribution in [0.4, 0.5) is 0 Å². The molecule has 1 aromatic rings. The first-order chi connectivity index (χ1) is 11.7. The van der Waals surface area contributed by atoms with E-state index in [1.807, 2.05) is 11.8 Å². The highest BCUT2D eigenvalue weighted by atomic mass is 16.5. The molecule has 2 fully saturated rings. The van der Waals surface area contributed by atoms with E-state index in [1.165, 1.54) is 0 Å². The van der Waals surface area contributed by atoms with E-state index < -0.39 is 0 Å². The number of rotatable bonds is 7. The van der Waals surface area contributed by atoms with Gasteiger partial charge < -0.3 is 14.3 Å². The number of nitrogens with zero attached hydrogens (tertiary/aromatic N) is 5. The van der Waals surface area contributed by atoms with Crippen molar-refractivity contribution in [3.8, 4) is 0 Å². The van der Waals surface area contributed by atoms with Gasteiger partial charge in [0.2, 0.25) is 11.8 Å². The zero-order valence-corrected chi connectivity index (χ0v) is 14.9. The molecule has 134 valence electrons. The average Bonchev–Trinajstić information content (AvgIpc) is 3.24. The van der Waals surface area contributed by atoms with Crippen molar-refractivity contribution < 1.29 is 9.32 Å². The van der Waals surface area contributed by atoms with Crippen molar-refractivity contribution in [3.05, 3.63) is 11.7 Å². The summed E-state index contributed by atoms with van der Waals surface area (Å²) in [5.74, 6) is 1.85. The molecule has 3 heterocycles. The normalized spacial score (nSPS) is 21.6. The number of piperazine rings is 1. The third-order valence-electron chi connectivity index (χ3n) is 5.19. The van der Waals surface area contributed by atoms with Gasteiger partial charge in [0.05, 0.1) is 6.04 Å². The van der Waals surface area contributed by atoms with Crippen molar-refractivity contribution >= 4 is 5.91 Å². The Kier molecular flexibility index (Phi) is 5.84. The van der Waals surface area contributed by atoms with E-state index >= 15 is 0 Å². The van der Waals surface area contributed by atoms with Crippen LogP contribution in [0.1, 0.15) is 50.9 Å². The summed E-state index contributed by atoms with van der Waals surface area (Å²) in [5, 5.41) is 3.99. The van der Waals surface area contributed by atoms with E-state index in [0.29, 0.717) is 5.91 Å². The van der Waals surface area contributed by atoms with E-state index in [2.05, 4.69) is 26.9 Å². The van der Waals surface area contributed by atoms with Crippen LogP contribution in [-0.2, 0) is 11.2 Å². The molecule has 1 aromatic heterocycles. The fourth-order valence-corrected chi connectivity index (χ4v) is 3.54. The second-order valence-electron chi connectivity index (χ2n) is 6.79. The van der Waals surface area contributed by atoms with Crippen LogP contribution in [0, 0.1) is 0 Å². The van der Waals surface area contributed by atoms with Crippen LogP contribution in [0.2, 0.25) is 0 Å². The zero-order valence-electron chi connectivity index (χ0n) is 14.9. The Hall–Kier alpha value is -1.47. The molecule has 7 nitrogen and oxygen atoms in total. The quantitative estimate of drug-likeness (QED) is 0.749. The number of amides is 1. The van der Waals surface area contributed by atoms with Crippen molar-refractivity contribution in [3.63, 3.8) is 0 Å². The van der Waals surface area contributed by atoms with Crippen LogP contribution in [0.15, 0.2) is 4.52 Å². The Morgan fingerprint density at radius 3 is 2.58 bits per heavy atom. The minimum absolute atomic E-state index is 0.183. The van der Waals surface area contributed by atoms with Crippen molar-refractivity contribution in [1.82, 2.24) is 24.8 Å². The van der Waals surface area contributed by atoms with Gasteiger partial charge in [0.25, 0.3) is 0 Å². The van der Waals surface area contributed by atoms with Gasteiger partial charge >= 0.3 is 0 Å². The Bertz CT molecular complexity index is 539. The van der Waals surface area contributed by atoms with Crippen molar-refractivity contribution in [2.24, 2.45) is 0 Å². The molecule has 24 heavy (non-hydrogen) atoms. The molecule has 0 radical (unpaired) electrons. The maximum Gasteiger partial charge on any atom is 0.243 e. The Morgan fingerprint density at radius 2 is 1.96 bits per heavy atom. The Balaban J connectivity index is 1.38. The number of hydrogen-bond donors (Lipinski definition) is 0. The largest absolute Gasteiger partial charge is 0.343 e. The first-order valence-corrected chi connectivity index (χ1v) is 9.24. The predicted octanol–water partition coefficient (Wildman–Crippen LogP) is 1.32. The molecular formula is C17H29N5O2. The number of carbonyl (C=O) groups excluding carboxylic acids is 1. The van der Waals surface area contributed by atoms with Gasteiger partial charge in [0.15, 0.2) is 5.82 Å². The lowest BCUT2D eigenvalue weighted by Crippen LogP contribution is -2.47. The third-order valence-corrected chi connectivity index (χ3v) is 5.19. The van der Waals surface area contributed by atoms with Gasteiger partial charge in [-0.05, 0) is 26.3 Å². The average molecular weight is 335 g/mol. The second kappa shape index (κ2) is 8.07. The highest BCUT2D eigenvalue weighted by Gasteiger charge is 2.26. The number of likely N-dealkylation sites (tertiary alicyclic amines) is 1. The summed E-state index contributed by atoms with van der Waals surface area (Å²) in [4.78, 5) is 23.0. The number of aromatic nitrogens is 2. The maximum absolute atomic E-state index is 11.6. The Morgan fingerprint density at radius 1 is 1.17 bits per heavy atom. The monoisotopic (exact) mass is 335 g/mol. The van der Waals surface area contributed by atoms with Gasteiger partial charge in [-0.15, -0.1) is 0 Å². The summed E-state index contributed by atoms with van der Waals surface area (Å²) in [6.07, 6.45) is 3.66. The van der Waals surface area contributed by atoms with E-state index in [9.17, 15) is 4.79 Å². The van der Waals surface area contributed by atoms with Crippen molar-refractivity contribution in [1.29, 1.82) is 0 Å². The lowest BCUT2D eigenvalue weighted by atomic mass is 10.2. The molecule has 7 heteroatoms. The zero-order chi connectivity index (χ0) is 16.9. The van der Waals surface area contributed by atoms with Gasteiger partial charge in [0, 0.05) is 52.1 Å². The molecule has 0 spiro atoms. The van der Waals surface area contributed by atoms with Crippen LogP contribution < -0.4 is 0 Å². The molecule has 1 unspecified atom stereocenters. The smallest absolute Gasteiger partial charge is 0.243 e. The van der Waals surface area contributed by atoms with Gasteiger partial charge in [-0.25, -0.2) is 0 Å². The number of hydrogen-bond acceptors (Lipinski definition) is 6. The molecule has 2 aliphatic rings. The predicted molar refractivity (Wildman–Crippen MR) is 90.5 cm³/mol. The fourth-order valence-electron chi connectivity index (χ4n) is 3.54. The highest BCUT2D eigenvalue weighted by Crippen LogP contribution is 2.20. The molecule has 0 aromatic carbocycles. The van der Waals surface area contributed by atoms with Crippen molar-refractivity contribution in [2.45, 2.75) is 45.6 Å². The molecule has 2 saturated heterocycles. The highest BCUT2D eigenvalue weighted by molar-refractivity contribution is 5.77. The standard InChI is InChI=1S/C17H29N5O2/c1-3-15-18-17(24-19-15)14(2)21-12-10-20(11-13-21)7-5-9-22-8-4-6-16(22)23/h14H,3-13H2,1-2H3. The molecule has 1 amide bonds. The van der Waals surface area contributed by atoms with Crippen LogP contribution in [0.5, 0.6) is 0 Å². The lowest BCUT2D eigenvalue weighted by Gasteiger charge is -2.37. The van der Waals surface area contributed by atoms with Gasteiger partial charge in [0.1, 0.15) is 0 Å².